The molecule has 12 heteroatoms. The molecule has 218 valence electrons. The van der Waals surface area contributed by atoms with Crippen LogP contribution in [0.1, 0.15) is 29.8 Å². The molecule has 3 amide bonds. The van der Waals surface area contributed by atoms with Crippen molar-refractivity contribution in [2.75, 3.05) is 64.4 Å². The van der Waals surface area contributed by atoms with Crippen LogP contribution in [0.2, 0.25) is 0 Å². The zero-order chi connectivity index (χ0) is 29.2. The van der Waals surface area contributed by atoms with Crippen LogP contribution in [0.25, 0.3) is 11.3 Å². The number of nitrogens with one attached hydrogen (secondary N) is 4. The molecule has 3 aliphatic rings. The lowest BCUT2D eigenvalue weighted by Gasteiger charge is -2.27. The maximum Gasteiger partial charge on any atom is 0.333 e. The minimum Gasteiger partial charge on any atom is -0.484 e. The van der Waals surface area contributed by atoms with Crippen molar-refractivity contribution in [1.29, 1.82) is 0 Å². The predicted molar refractivity (Wildman–Crippen MR) is 155 cm³/mol. The second-order valence-corrected chi connectivity index (χ2v) is 9.82. The SMILES string of the molecule is C=C/C(=C\C=C(C)C)OCC(=O)N1CCNCC1.O=C(Nc1cccc2c1C(=O)c1cn[nH]c1-2)NN1CCOCC1. The molecule has 0 bridgehead atoms. The van der Waals surface area contributed by atoms with Gasteiger partial charge in [-0.15, -0.1) is 0 Å². The summed E-state index contributed by atoms with van der Waals surface area (Å²) in [6, 6.07) is 4.98. The largest absolute Gasteiger partial charge is 0.484 e. The summed E-state index contributed by atoms with van der Waals surface area (Å²) < 4.78 is 10.7. The highest BCUT2D eigenvalue weighted by atomic mass is 16.5. The van der Waals surface area contributed by atoms with E-state index in [0.717, 1.165) is 31.7 Å². The first-order valence-electron chi connectivity index (χ1n) is 13.6. The zero-order valence-corrected chi connectivity index (χ0v) is 23.5. The van der Waals surface area contributed by atoms with E-state index < -0.39 is 0 Å². The monoisotopic (exact) mass is 563 g/mol. The van der Waals surface area contributed by atoms with Crippen LogP contribution in [0.3, 0.4) is 0 Å². The molecule has 1 aliphatic carbocycles. The fourth-order valence-corrected chi connectivity index (χ4v) is 4.45. The van der Waals surface area contributed by atoms with Gasteiger partial charge in [0.1, 0.15) is 5.76 Å². The summed E-state index contributed by atoms with van der Waals surface area (Å²) in [5.41, 5.74) is 6.90. The number of nitrogens with zero attached hydrogens (tertiary/aromatic N) is 3. The Labute approximate surface area is 239 Å². The number of aromatic amines is 1. The molecule has 5 rings (SSSR count). The number of hydrogen-bond acceptors (Lipinski definition) is 8. The van der Waals surface area contributed by atoms with Gasteiger partial charge in [0.15, 0.2) is 12.4 Å². The number of ketones is 1. The molecule has 12 nitrogen and oxygen atoms in total. The summed E-state index contributed by atoms with van der Waals surface area (Å²) >= 11 is 0. The number of carbonyl (C=O) groups is 3. The van der Waals surface area contributed by atoms with Crippen LogP contribution in [-0.2, 0) is 14.3 Å². The summed E-state index contributed by atoms with van der Waals surface area (Å²) in [5.74, 6) is 0.521. The van der Waals surface area contributed by atoms with E-state index >= 15 is 0 Å². The number of fused-ring (bicyclic) bond motifs is 3. The van der Waals surface area contributed by atoms with Crippen LogP contribution < -0.4 is 16.1 Å². The Morgan fingerprint density at radius 1 is 1.12 bits per heavy atom. The highest BCUT2D eigenvalue weighted by molar-refractivity contribution is 6.24. The van der Waals surface area contributed by atoms with Gasteiger partial charge < -0.3 is 25.0 Å². The van der Waals surface area contributed by atoms with E-state index in [4.69, 9.17) is 9.47 Å². The lowest BCUT2D eigenvalue weighted by Crippen LogP contribution is -2.49. The molecular formula is C29H37N7O5. The second kappa shape index (κ2) is 14.4. The summed E-state index contributed by atoms with van der Waals surface area (Å²) in [5, 5.41) is 14.5. The first kappa shape index (κ1) is 29.7. The summed E-state index contributed by atoms with van der Waals surface area (Å²) in [6.45, 7) is 13.4. The van der Waals surface area contributed by atoms with Crippen molar-refractivity contribution in [1.82, 2.24) is 30.8 Å². The number of aromatic nitrogens is 2. The number of amides is 3. The lowest BCUT2D eigenvalue weighted by molar-refractivity contribution is -0.135. The van der Waals surface area contributed by atoms with Crippen LogP contribution in [0.4, 0.5) is 10.5 Å². The Kier molecular flexibility index (Phi) is 10.4. The molecule has 1 aromatic carbocycles. The van der Waals surface area contributed by atoms with Crippen LogP contribution in [0, 0.1) is 0 Å². The van der Waals surface area contributed by atoms with Crippen LogP contribution in [0.5, 0.6) is 0 Å². The summed E-state index contributed by atoms with van der Waals surface area (Å²) in [7, 11) is 0. The Morgan fingerprint density at radius 2 is 1.88 bits per heavy atom. The number of morpholine rings is 1. The molecule has 1 aromatic heterocycles. The fraction of sp³-hybridized carbons (Fsp3) is 0.379. The molecule has 0 atom stereocenters. The van der Waals surface area contributed by atoms with E-state index in [1.165, 1.54) is 11.8 Å². The van der Waals surface area contributed by atoms with Gasteiger partial charge in [0.2, 0.25) is 0 Å². The molecule has 0 unspecified atom stereocenters. The third-order valence-corrected chi connectivity index (χ3v) is 6.58. The smallest absolute Gasteiger partial charge is 0.333 e. The van der Waals surface area contributed by atoms with E-state index in [1.807, 2.05) is 37.0 Å². The normalized spacial score (nSPS) is 16.5. The number of allylic oxidation sites excluding steroid dienone is 4. The second-order valence-electron chi connectivity index (χ2n) is 9.82. The van der Waals surface area contributed by atoms with Crippen molar-refractivity contribution in [2.45, 2.75) is 13.8 Å². The standard InChI is InChI=1S/C15H15N5O3.C14H22N2O2/c21-14-10-8-16-18-13(10)9-2-1-3-11(12(9)14)17-15(22)19-20-4-6-23-7-5-20;1-4-13(6-5-12(2)3)18-11-14(17)16-9-7-15-8-10-16/h1-3,8H,4-7H2,(H,16,18)(H2,17,19,22);4-6,15H,1,7-11H2,2-3H3/b;13-6+. The molecule has 3 heterocycles. The summed E-state index contributed by atoms with van der Waals surface area (Å²) in [6.07, 6.45) is 6.89. The van der Waals surface area contributed by atoms with Crippen molar-refractivity contribution in [3.8, 4) is 11.3 Å². The molecule has 2 aliphatic heterocycles. The van der Waals surface area contributed by atoms with Gasteiger partial charge in [-0.2, -0.15) is 5.10 Å². The molecule has 41 heavy (non-hydrogen) atoms. The van der Waals surface area contributed by atoms with Crippen molar-refractivity contribution in [2.24, 2.45) is 0 Å². The quantitative estimate of drug-likeness (QED) is 0.254. The van der Waals surface area contributed by atoms with Crippen molar-refractivity contribution < 1.29 is 23.9 Å². The highest BCUT2D eigenvalue weighted by Gasteiger charge is 2.31. The zero-order valence-electron chi connectivity index (χ0n) is 23.5. The molecule has 0 spiro atoms. The third kappa shape index (κ3) is 7.91. The van der Waals surface area contributed by atoms with Crippen molar-refractivity contribution in [3.63, 3.8) is 0 Å². The number of carbonyl (C=O) groups excluding carboxylic acids is 3. The van der Waals surface area contributed by atoms with Crippen molar-refractivity contribution in [3.05, 3.63) is 71.7 Å². The van der Waals surface area contributed by atoms with Gasteiger partial charge in [0, 0.05) is 44.8 Å². The number of hydrazine groups is 1. The molecule has 0 saturated carbocycles. The number of hydrogen-bond donors (Lipinski definition) is 4. The van der Waals surface area contributed by atoms with E-state index in [2.05, 4.69) is 32.8 Å². The number of urea groups is 1. The van der Waals surface area contributed by atoms with Gasteiger partial charge in [-0.05, 0) is 32.1 Å². The topological polar surface area (TPSA) is 141 Å². The summed E-state index contributed by atoms with van der Waals surface area (Å²) in [4.78, 5) is 38.3. The fourth-order valence-electron chi connectivity index (χ4n) is 4.45. The average molecular weight is 564 g/mol. The minimum atomic E-state index is -0.373. The maximum absolute atomic E-state index is 12.5. The average Bonchev–Trinajstić information content (AvgIpc) is 3.57. The predicted octanol–water partition coefficient (Wildman–Crippen LogP) is 2.46. The maximum atomic E-state index is 12.5. The number of piperazine rings is 1. The van der Waals surface area contributed by atoms with Gasteiger partial charge >= 0.3 is 6.03 Å². The van der Waals surface area contributed by atoms with Crippen LogP contribution in [0.15, 0.2) is 60.5 Å². The van der Waals surface area contributed by atoms with Crippen LogP contribution in [-0.4, -0.2) is 96.9 Å². The number of anilines is 1. The Morgan fingerprint density at radius 3 is 2.59 bits per heavy atom. The van der Waals surface area contributed by atoms with E-state index in [1.54, 1.807) is 23.2 Å². The van der Waals surface area contributed by atoms with Gasteiger partial charge in [0.05, 0.1) is 41.9 Å². The van der Waals surface area contributed by atoms with Gasteiger partial charge in [-0.3, -0.25) is 20.1 Å². The highest BCUT2D eigenvalue weighted by Crippen LogP contribution is 2.38. The van der Waals surface area contributed by atoms with E-state index in [-0.39, 0.29) is 24.3 Å². The Hall–Kier alpha value is -4.26. The lowest BCUT2D eigenvalue weighted by atomic mass is 10.1. The minimum absolute atomic E-state index is 0.0291. The molecule has 2 saturated heterocycles. The first-order chi connectivity index (χ1) is 19.9. The first-order valence-corrected chi connectivity index (χ1v) is 13.6. The molecule has 2 fully saturated rings. The Balaban J connectivity index is 0.000000196. The number of H-pyrrole nitrogens is 1. The van der Waals surface area contributed by atoms with Crippen molar-refractivity contribution >= 4 is 23.4 Å². The molecule has 4 N–H and O–H groups in total. The van der Waals surface area contributed by atoms with Gasteiger partial charge in [-0.1, -0.05) is 30.4 Å². The number of rotatable bonds is 7. The third-order valence-electron chi connectivity index (χ3n) is 6.58. The number of ether oxygens (including phenoxy) is 2. The molecular weight excluding hydrogens is 526 g/mol. The molecule has 0 radical (unpaired) electrons. The van der Waals surface area contributed by atoms with Crippen LogP contribution >= 0.6 is 0 Å². The van der Waals surface area contributed by atoms with E-state index in [0.29, 0.717) is 54.6 Å². The van der Waals surface area contributed by atoms with Gasteiger partial charge in [-0.25, -0.2) is 9.80 Å². The van der Waals surface area contributed by atoms with Gasteiger partial charge in [0.25, 0.3) is 5.91 Å². The number of benzene rings is 1. The molecule has 2 aromatic rings. The van der Waals surface area contributed by atoms with E-state index in [9.17, 15) is 14.4 Å². The Bertz CT molecular complexity index is 1320.